The normalized spacial score (nSPS) is 13.3. The molecule has 1 atom stereocenters. The van der Waals surface area contributed by atoms with Crippen LogP contribution in [0, 0.1) is 0 Å². The van der Waals surface area contributed by atoms with Gasteiger partial charge in [0.25, 0.3) is 0 Å². The van der Waals surface area contributed by atoms with Crippen LogP contribution in [-0.4, -0.2) is 4.98 Å². The summed E-state index contributed by atoms with van der Waals surface area (Å²) in [6.07, 6.45) is 0.627. The van der Waals surface area contributed by atoms with Crippen molar-refractivity contribution >= 4 is 0 Å². The van der Waals surface area contributed by atoms with Crippen LogP contribution in [0.25, 0.3) is 0 Å². The largest absolute Gasteiger partial charge is 0.417 e. The summed E-state index contributed by atoms with van der Waals surface area (Å²) < 4.78 is 37.1. The number of hydrazine groups is 1. The molecule has 0 aromatic carbocycles. The van der Waals surface area contributed by atoms with E-state index in [-0.39, 0.29) is 6.04 Å². The molecule has 1 heterocycles. The van der Waals surface area contributed by atoms with Gasteiger partial charge < -0.3 is 0 Å². The Bertz CT molecular complexity index is 373. The number of rotatable bonds is 6. The van der Waals surface area contributed by atoms with E-state index in [4.69, 9.17) is 5.84 Å². The lowest BCUT2D eigenvalue weighted by molar-refractivity contribution is -0.137. The number of nitrogens with zero attached hydrogens (tertiary/aromatic N) is 1. The lowest BCUT2D eigenvalue weighted by atomic mass is 10.1. The summed E-state index contributed by atoms with van der Waals surface area (Å²) in [6.45, 7) is 3.60. The average Bonchev–Trinajstić information content (AvgIpc) is 2.34. The molecule has 1 rings (SSSR count). The molecule has 0 saturated heterocycles. The molecule has 0 radical (unpaired) electrons. The van der Waals surface area contributed by atoms with Crippen LogP contribution in [0.2, 0.25) is 0 Å². The zero-order valence-electron chi connectivity index (χ0n) is 9.87. The molecule has 0 spiro atoms. The van der Waals surface area contributed by atoms with Gasteiger partial charge in [-0.15, -0.1) is 6.58 Å². The Morgan fingerprint density at radius 1 is 1.44 bits per heavy atom. The number of nitrogens with two attached hydrogens (primary N) is 1. The van der Waals surface area contributed by atoms with Crippen molar-refractivity contribution in [1.82, 2.24) is 10.4 Å². The molecule has 1 aromatic heterocycles. The van der Waals surface area contributed by atoms with Crippen molar-refractivity contribution in [3.8, 4) is 0 Å². The minimum absolute atomic E-state index is 0.243. The summed E-state index contributed by atoms with van der Waals surface area (Å²) >= 11 is 0. The Morgan fingerprint density at radius 2 is 2.17 bits per heavy atom. The number of unbranched alkanes of at least 4 members (excludes halogenated alkanes) is 1. The second-order valence-electron chi connectivity index (χ2n) is 3.91. The first-order chi connectivity index (χ1) is 8.49. The van der Waals surface area contributed by atoms with Crippen LogP contribution in [0.15, 0.2) is 31.0 Å². The Morgan fingerprint density at radius 3 is 2.61 bits per heavy atom. The van der Waals surface area contributed by atoms with E-state index in [0.717, 1.165) is 25.1 Å². The number of alkyl halides is 3. The Labute approximate surface area is 104 Å². The monoisotopic (exact) mass is 259 g/mol. The van der Waals surface area contributed by atoms with E-state index in [1.807, 2.05) is 0 Å². The molecule has 6 heteroatoms. The van der Waals surface area contributed by atoms with E-state index in [9.17, 15) is 13.2 Å². The zero-order valence-corrected chi connectivity index (χ0v) is 9.87. The highest BCUT2D eigenvalue weighted by molar-refractivity contribution is 5.18. The van der Waals surface area contributed by atoms with Crippen LogP contribution < -0.4 is 11.3 Å². The summed E-state index contributed by atoms with van der Waals surface area (Å²) in [5.41, 5.74) is 2.31. The predicted octanol–water partition coefficient (Wildman–Crippen LogP) is 2.96. The van der Waals surface area contributed by atoms with Gasteiger partial charge in [0.05, 0.1) is 17.3 Å². The third-order valence-electron chi connectivity index (χ3n) is 2.57. The molecule has 1 aromatic rings. The van der Waals surface area contributed by atoms with Crippen molar-refractivity contribution in [3.63, 3.8) is 0 Å². The van der Waals surface area contributed by atoms with Gasteiger partial charge in [-0.05, 0) is 31.4 Å². The first kappa shape index (κ1) is 14.7. The number of hydrogen-bond acceptors (Lipinski definition) is 3. The van der Waals surface area contributed by atoms with Crippen molar-refractivity contribution in [2.45, 2.75) is 31.5 Å². The van der Waals surface area contributed by atoms with Crippen molar-refractivity contribution in [1.29, 1.82) is 0 Å². The van der Waals surface area contributed by atoms with Gasteiger partial charge in [0.15, 0.2) is 0 Å². The molecule has 18 heavy (non-hydrogen) atoms. The van der Waals surface area contributed by atoms with Crippen molar-refractivity contribution < 1.29 is 13.2 Å². The van der Waals surface area contributed by atoms with Crippen molar-refractivity contribution in [3.05, 3.63) is 42.2 Å². The number of aromatic nitrogens is 1. The van der Waals surface area contributed by atoms with Crippen LogP contribution in [0.3, 0.4) is 0 Å². The fourth-order valence-corrected chi connectivity index (χ4v) is 1.56. The van der Waals surface area contributed by atoms with Gasteiger partial charge in [0.1, 0.15) is 0 Å². The summed E-state index contributed by atoms with van der Waals surface area (Å²) in [6, 6.07) is 2.12. The molecular formula is C12H16F3N3. The Kier molecular flexibility index (Phi) is 5.30. The van der Waals surface area contributed by atoms with Gasteiger partial charge in [0, 0.05) is 6.20 Å². The first-order valence-electron chi connectivity index (χ1n) is 5.59. The first-order valence-corrected chi connectivity index (χ1v) is 5.59. The number of hydrogen-bond donors (Lipinski definition) is 2. The SMILES string of the molecule is C=CCCCC(NN)c1ccc(C(F)(F)F)cn1. The molecule has 0 aliphatic rings. The molecule has 0 aliphatic heterocycles. The van der Waals surface area contributed by atoms with Gasteiger partial charge in [-0.2, -0.15) is 13.2 Å². The lowest BCUT2D eigenvalue weighted by Crippen LogP contribution is -2.28. The second kappa shape index (κ2) is 6.51. The molecule has 0 fully saturated rings. The van der Waals surface area contributed by atoms with E-state index in [0.29, 0.717) is 12.1 Å². The minimum atomic E-state index is -4.36. The van der Waals surface area contributed by atoms with Gasteiger partial charge in [-0.25, -0.2) is 0 Å². The Balaban J connectivity index is 2.72. The summed E-state index contributed by atoms with van der Waals surface area (Å²) in [4.78, 5) is 3.81. The fourth-order valence-electron chi connectivity index (χ4n) is 1.56. The number of nitrogens with one attached hydrogen (secondary N) is 1. The smallest absolute Gasteiger partial charge is 0.271 e. The number of allylic oxidation sites excluding steroid dienone is 1. The van der Waals surface area contributed by atoms with E-state index in [1.54, 1.807) is 6.08 Å². The van der Waals surface area contributed by atoms with Gasteiger partial charge >= 0.3 is 6.18 Å². The molecule has 0 amide bonds. The molecule has 0 bridgehead atoms. The molecule has 0 saturated carbocycles. The fraction of sp³-hybridized carbons (Fsp3) is 0.417. The molecule has 0 aliphatic carbocycles. The molecule has 3 nitrogen and oxygen atoms in total. The second-order valence-corrected chi connectivity index (χ2v) is 3.91. The van der Waals surface area contributed by atoms with E-state index in [1.165, 1.54) is 6.07 Å². The topological polar surface area (TPSA) is 50.9 Å². The van der Waals surface area contributed by atoms with Crippen molar-refractivity contribution in [2.75, 3.05) is 0 Å². The number of pyridine rings is 1. The van der Waals surface area contributed by atoms with Crippen LogP contribution >= 0.6 is 0 Å². The molecule has 3 N–H and O–H groups in total. The summed E-state index contributed by atoms with van der Waals surface area (Å²) in [7, 11) is 0. The van der Waals surface area contributed by atoms with Crippen molar-refractivity contribution in [2.24, 2.45) is 5.84 Å². The highest BCUT2D eigenvalue weighted by Gasteiger charge is 2.30. The molecular weight excluding hydrogens is 243 g/mol. The highest BCUT2D eigenvalue weighted by Crippen LogP contribution is 2.29. The quantitative estimate of drug-likeness (QED) is 0.357. The third kappa shape index (κ3) is 4.12. The zero-order chi connectivity index (χ0) is 13.6. The van der Waals surface area contributed by atoms with Gasteiger partial charge in [-0.3, -0.25) is 16.3 Å². The minimum Gasteiger partial charge on any atom is -0.271 e. The molecule has 100 valence electrons. The predicted molar refractivity (Wildman–Crippen MR) is 63.4 cm³/mol. The van der Waals surface area contributed by atoms with E-state index in [2.05, 4.69) is 17.0 Å². The molecule has 1 unspecified atom stereocenters. The highest BCUT2D eigenvalue weighted by atomic mass is 19.4. The maximum Gasteiger partial charge on any atom is 0.417 e. The van der Waals surface area contributed by atoms with E-state index >= 15 is 0 Å². The van der Waals surface area contributed by atoms with Crippen LogP contribution in [0.5, 0.6) is 0 Å². The summed E-state index contributed by atoms with van der Waals surface area (Å²) in [5, 5.41) is 0. The standard InChI is InChI=1S/C12H16F3N3/c1-2-3-4-5-11(18-16)10-7-6-9(8-17-10)12(13,14)15/h2,6-8,11,18H,1,3-5,16H2. The summed E-state index contributed by atoms with van der Waals surface area (Å²) in [5.74, 6) is 5.37. The lowest BCUT2D eigenvalue weighted by Gasteiger charge is -2.15. The Hall–Kier alpha value is -1.40. The van der Waals surface area contributed by atoms with Crippen LogP contribution in [0.4, 0.5) is 13.2 Å². The third-order valence-corrected chi connectivity index (χ3v) is 2.57. The van der Waals surface area contributed by atoms with Gasteiger partial charge in [-0.1, -0.05) is 6.08 Å². The average molecular weight is 259 g/mol. The maximum absolute atomic E-state index is 12.4. The van der Waals surface area contributed by atoms with E-state index < -0.39 is 11.7 Å². The number of halogens is 3. The maximum atomic E-state index is 12.4. The van der Waals surface area contributed by atoms with Gasteiger partial charge in [0.2, 0.25) is 0 Å². The van der Waals surface area contributed by atoms with Crippen LogP contribution in [-0.2, 0) is 6.18 Å². The van der Waals surface area contributed by atoms with Crippen LogP contribution in [0.1, 0.15) is 36.6 Å².